The Kier molecular flexibility index (Phi) is 3.69. The molecule has 0 fully saturated rings. The quantitative estimate of drug-likeness (QED) is 0.897. The summed E-state index contributed by atoms with van der Waals surface area (Å²) in [4.78, 5) is 0. The molecule has 2 aromatic rings. The second-order valence-corrected chi connectivity index (χ2v) is 6.06. The van der Waals surface area contributed by atoms with Gasteiger partial charge in [-0.1, -0.05) is 24.3 Å². The molecule has 1 aromatic heterocycles. The maximum Gasteiger partial charge on any atom is 0.102 e. The number of thiophene rings is 1. The fourth-order valence-electron chi connectivity index (χ4n) is 2.89. The molecule has 2 N–H and O–H groups in total. The van der Waals surface area contributed by atoms with E-state index < -0.39 is 5.60 Å². The minimum Gasteiger partial charge on any atom is -0.384 e. The van der Waals surface area contributed by atoms with Gasteiger partial charge < -0.3 is 10.4 Å². The minimum absolute atomic E-state index is 0.625. The molecule has 2 nitrogen and oxygen atoms in total. The molecule has 0 radical (unpaired) electrons. The Morgan fingerprint density at radius 2 is 2.16 bits per heavy atom. The Bertz CT molecular complexity index is 537. The topological polar surface area (TPSA) is 32.3 Å². The van der Waals surface area contributed by atoms with E-state index in [2.05, 4.69) is 40.3 Å². The van der Waals surface area contributed by atoms with Crippen LogP contribution in [0.3, 0.4) is 0 Å². The van der Waals surface area contributed by atoms with E-state index in [1.165, 1.54) is 11.1 Å². The molecule has 100 valence electrons. The van der Waals surface area contributed by atoms with Gasteiger partial charge in [0.05, 0.1) is 0 Å². The Labute approximate surface area is 118 Å². The molecule has 0 bridgehead atoms. The summed E-state index contributed by atoms with van der Waals surface area (Å²) in [7, 11) is 0. The molecule has 19 heavy (non-hydrogen) atoms. The number of fused-ring (bicyclic) bond motifs is 1. The average Bonchev–Trinajstić information content (AvgIpc) is 2.93. The normalized spacial score (nSPS) is 22.2. The molecule has 0 spiro atoms. The van der Waals surface area contributed by atoms with Gasteiger partial charge >= 0.3 is 0 Å². The Morgan fingerprint density at radius 1 is 1.26 bits per heavy atom. The Morgan fingerprint density at radius 3 is 3.00 bits per heavy atom. The lowest BCUT2D eigenvalue weighted by Crippen LogP contribution is -2.40. The molecule has 3 heteroatoms. The van der Waals surface area contributed by atoms with Crippen LogP contribution in [0.15, 0.2) is 41.1 Å². The van der Waals surface area contributed by atoms with Gasteiger partial charge in [0.1, 0.15) is 5.60 Å². The molecular weight excluding hydrogens is 254 g/mol. The number of benzene rings is 1. The first-order valence-corrected chi connectivity index (χ1v) is 7.75. The molecule has 0 saturated carbocycles. The fourth-order valence-corrected chi connectivity index (χ4v) is 3.56. The highest BCUT2D eigenvalue weighted by atomic mass is 32.1. The first kappa shape index (κ1) is 12.9. The zero-order chi connectivity index (χ0) is 13.1. The van der Waals surface area contributed by atoms with Crippen molar-refractivity contribution in [1.29, 1.82) is 0 Å². The monoisotopic (exact) mass is 273 g/mol. The van der Waals surface area contributed by atoms with Crippen molar-refractivity contribution in [3.8, 4) is 0 Å². The van der Waals surface area contributed by atoms with Gasteiger partial charge in [0.2, 0.25) is 0 Å². The van der Waals surface area contributed by atoms with Crippen LogP contribution in [0, 0.1) is 0 Å². The molecule has 3 rings (SSSR count). The number of aryl methyl sites for hydroxylation is 1. The van der Waals surface area contributed by atoms with E-state index in [0.717, 1.165) is 31.4 Å². The molecule has 0 amide bonds. The van der Waals surface area contributed by atoms with Crippen molar-refractivity contribution in [1.82, 2.24) is 5.32 Å². The number of hydrogen-bond donors (Lipinski definition) is 2. The number of hydrogen-bond acceptors (Lipinski definition) is 3. The largest absolute Gasteiger partial charge is 0.384 e. The van der Waals surface area contributed by atoms with Gasteiger partial charge in [-0.05, 0) is 52.8 Å². The summed E-state index contributed by atoms with van der Waals surface area (Å²) in [6.07, 6.45) is 3.00. The second-order valence-electron chi connectivity index (χ2n) is 5.28. The van der Waals surface area contributed by atoms with Crippen molar-refractivity contribution >= 4 is 11.3 Å². The number of aliphatic hydroxyl groups is 1. The van der Waals surface area contributed by atoms with Crippen LogP contribution in [0.4, 0.5) is 0 Å². The summed E-state index contributed by atoms with van der Waals surface area (Å²) >= 11 is 1.71. The molecule has 1 aliphatic carbocycles. The van der Waals surface area contributed by atoms with Crippen LogP contribution in [-0.4, -0.2) is 11.7 Å². The molecule has 1 heterocycles. The van der Waals surface area contributed by atoms with Gasteiger partial charge in [0, 0.05) is 13.1 Å². The number of rotatable bonds is 4. The van der Waals surface area contributed by atoms with Crippen LogP contribution in [0.25, 0.3) is 0 Å². The average molecular weight is 273 g/mol. The first-order chi connectivity index (χ1) is 9.28. The standard InChI is InChI=1S/C16H19NOS/c18-16(12-17-10-13-7-9-19-11-13)8-3-5-14-4-1-2-6-15(14)16/h1-2,4,6-7,9,11,17-18H,3,5,8,10,12H2. The lowest BCUT2D eigenvalue weighted by atomic mass is 9.79. The van der Waals surface area contributed by atoms with Gasteiger partial charge in [-0.2, -0.15) is 11.3 Å². The summed E-state index contributed by atoms with van der Waals surface area (Å²) in [5, 5.41) is 18.5. The van der Waals surface area contributed by atoms with E-state index in [9.17, 15) is 5.11 Å². The maximum absolute atomic E-state index is 10.9. The Balaban J connectivity index is 1.70. The predicted molar refractivity (Wildman–Crippen MR) is 79.3 cm³/mol. The SMILES string of the molecule is OC1(CNCc2ccsc2)CCCc2ccccc21. The smallest absolute Gasteiger partial charge is 0.102 e. The zero-order valence-electron chi connectivity index (χ0n) is 10.9. The van der Waals surface area contributed by atoms with Crippen LogP contribution in [0.5, 0.6) is 0 Å². The summed E-state index contributed by atoms with van der Waals surface area (Å²) in [6, 6.07) is 10.4. The van der Waals surface area contributed by atoms with Gasteiger partial charge in [0.25, 0.3) is 0 Å². The molecule has 0 aliphatic heterocycles. The first-order valence-electron chi connectivity index (χ1n) is 6.80. The molecule has 1 unspecified atom stereocenters. The van der Waals surface area contributed by atoms with Crippen molar-refractivity contribution in [2.24, 2.45) is 0 Å². The van der Waals surface area contributed by atoms with Gasteiger partial charge in [0.15, 0.2) is 0 Å². The van der Waals surface area contributed by atoms with Crippen molar-refractivity contribution in [2.75, 3.05) is 6.54 Å². The molecular formula is C16H19NOS. The molecule has 1 atom stereocenters. The van der Waals surface area contributed by atoms with Crippen molar-refractivity contribution in [3.05, 3.63) is 57.8 Å². The third kappa shape index (κ3) is 2.73. The van der Waals surface area contributed by atoms with E-state index in [1.54, 1.807) is 11.3 Å². The van der Waals surface area contributed by atoms with Crippen LogP contribution in [-0.2, 0) is 18.6 Å². The van der Waals surface area contributed by atoms with Crippen LogP contribution in [0.1, 0.15) is 29.5 Å². The van der Waals surface area contributed by atoms with E-state index in [0.29, 0.717) is 6.54 Å². The third-order valence-electron chi connectivity index (χ3n) is 3.88. The van der Waals surface area contributed by atoms with E-state index in [4.69, 9.17) is 0 Å². The third-order valence-corrected chi connectivity index (χ3v) is 4.61. The summed E-state index contributed by atoms with van der Waals surface area (Å²) in [5.74, 6) is 0. The highest BCUT2D eigenvalue weighted by molar-refractivity contribution is 7.07. The fraction of sp³-hybridized carbons (Fsp3) is 0.375. The van der Waals surface area contributed by atoms with Crippen molar-refractivity contribution < 1.29 is 5.11 Å². The highest BCUT2D eigenvalue weighted by Gasteiger charge is 2.33. The predicted octanol–water partition coefficient (Wildman–Crippen LogP) is 3.06. The van der Waals surface area contributed by atoms with Crippen molar-refractivity contribution in [2.45, 2.75) is 31.4 Å². The van der Waals surface area contributed by atoms with Crippen LogP contribution in [0.2, 0.25) is 0 Å². The van der Waals surface area contributed by atoms with Gasteiger partial charge in [-0.25, -0.2) is 0 Å². The van der Waals surface area contributed by atoms with E-state index in [-0.39, 0.29) is 0 Å². The van der Waals surface area contributed by atoms with Crippen molar-refractivity contribution in [3.63, 3.8) is 0 Å². The molecule has 0 saturated heterocycles. The lowest BCUT2D eigenvalue weighted by molar-refractivity contribution is 0.0189. The highest BCUT2D eigenvalue weighted by Crippen LogP contribution is 2.34. The second kappa shape index (κ2) is 5.45. The van der Waals surface area contributed by atoms with Crippen LogP contribution >= 0.6 is 11.3 Å². The Hall–Kier alpha value is -1.16. The minimum atomic E-state index is -0.704. The molecule has 1 aromatic carbocycles. The number of nitrogens with one attached hydrogen (secondary N) is 1. The zero-order valence-corrected chi connectivity index (χ0v) is 11.7. The van der Waals surface area contributed by atoms with Crippen LogP contribution < -0.4 is 5.32 Å². The van der Waals surface area contributed by atoms with E-state index >= 15 is 0 Å². The summed E-state index contributed by atoms with van der Waals surface area (Å²) < 4.78 is 0. The maximum atomic E-state index is 10.9. The summed E-state index contributed by atoms with van der Waals surface area (Å²) in [6.45, 7) is 1.45. The summed E-state index contributed by atoms with van der Waals surface area (Å²) in [5.41, 5.74) is 3.00. The van der Waals surface area contributed by atoms with E-state index in [1.807, 2.05) is 6.07 Å². The van der Waals surface area contributed by atoms with Gasteiger partial charge in [-0.3, -0.25) is 0 Å². The van der Waals surface area contributed by atoms with Gasteiger partial charge in [-0.15, -0.1) is 0 Å². The molecule has 1 aliphatic rings. The lowest BCUT2D eigenvalue weighted by Gasteiger charge is -2.34.